The van der Waals surface area contributed by atoms with Gasteiger partial charge in [0.15, 0.2) is 11.5 Å². The number of hydrogen-bond acceptors (Lipinski definition) is 4. The number of phenolic OH excluding ortho intramolecular Hbond substituents is 1. The highest BCUT2D eigenvalue weighted by Crippen LogP contribution is 2.31. The van der Waals surface area contributed by atoms with Crippen LogP contribution >= 0.6 is 0 Å². The zero-order chi connectivity index (χ0) is 14.1. The molecule has 5 heteroatoms. The molecule has 0 aliphatic carbocycles. The summed E-state index contributed by atoms with van der Waals surface area (Å²) in [5.74, 6) is 2.01. The Balaban J connectivity index is 2.09. The minimum atomic E-state index is 0.106. The first-order valence-electron chi connectivity index (χ1n) is 6.12. The van der Waals surface area contributed by atoms with Crippen LogP contribution in [0.15, 0.2) is 36.4 Å². The van der Waals surface area contributed by atoms with Gasteiger partial charge in [0, 0.05) is 11.6 Å². The van der Waals surface area contributed by atoms with Crippen LogP contribution in [0.5, 0.6) is 17.2 Å². The van der Waals surface area contributed by atoms with Gasteiger partial charge < -0.3 is 19.6 Å². The minimum absolute atomic E-state index is 0.106. The highest BCUT2D eigenvalue weighted by molar-refractivity contribution is 5.81. The van der Waals surface area contributed by atoms with Crippen LogP contribution in [0.3, 0.4) is 0 Å². The van der Waals surface area contributed by atoms with E-state index in [9.17, 15) is 5.11 Å². The van der Waals surface area contributed by atoms with Gasteiger partial charge in [-0.3, -0.25) is 0 Å². The van der Waals surface area contributed by atoms with Gasteiger partial charge in [0.1, 0.15) is 11.6 Å². The van der Waals surface area contributed by atoms with E-state index in [4.69, 9.17) is 9.47 Å². The van der Waals surface area contributed by atoms with Crippen LogP contribution in [0.1, 0.15) is 0 Å². The molecule has 1 heterocycles. The fraction of sp³-hybridized carbons (Fsp3) is 0.133. The number of aromatic hydroxyl groups is 1. The van der Waals surface area contributed by atoms with Crippen molar-refractivity contribution in [2.75, 3.05) is 14.2 Å². The van der Waals surface area contributed by atoms with Gasteiger partial charge in [0.2, 0.25) is 0 Å². The van der Waals surface area contributed by atoms with E-state index >= 15 is 0 Å². The molecule has 2 N–H and O–H groups in total. The first kappa shape index (κ1) is 12.3. The maximum Gasteiger partial charge on any atom is 0.161 e. The molecular formula is C15H14N2O3. The van der Waals surface area contributed by atoms with Crippen LogP contribution in [-0.2, 0) is 0 Å². The third-order valence-corrected chi connectivity index (χ3v) is 3.14. The third-order valence-electron chi connectivity index (χ3n) is 3.14. The summed E-state index contributed by atoms with van der Waals surface area (Å²) in [6.45, 7) is 0. The maximum absolute atomic E-state index is 9.62. The third kappa shape index (κ3) is 2.03. The van der Waals surface area contributed by atoms with Gasteiger partial charge in [0.25, 0.3) is 0 Å². The van der Waals surface area contributed by atoms with Crippen LogP contribution in [0.25, 0.3) is 22.4 Å². The monoisotopic (exact) mass is 270 g/mol. The number of phenols is 1. The predicted molar refractivity (Wildman–Crippen MR) is 76.3 cm³/mol. The summed E-state index contributed by atoms with van der Waals surface area (Å²) in [5, 5.41) is 9.62. The molecular weight excluding hydrogens is 256 g/mol. The second-order valence-electron chi connectivity index (χ2n) is 4.36. The van der Waals surface area contributed by atoms with Gasteiger partial charge in [-0.2, -0.15) is 0 Å². The van der Waals surface area contributed by atoms with E-state index in [1.165, 1.54) is 7.11 Å². The number of hydrogen-bond donors (Lipinski definition) is 2. The van der Waals surface area contributed by atoms with Gasteiger partial charge in [-0.1, -0.05) is 0 Å². The highest BCUT2D eigenvalue weighted by atomic mass is 16.5. The average Bonchev–Trinajstić information content (AvgIpc) is 2.90. The Morgan fingerprint density at radius 1 is 1.05 bits per heavy atom. The number of methoxy groups -OCH3 is 2. The van der Waals surface area contributed by atoms with E-state index in [1.807, 2.05) is 18.2 Å². The van der Waals surface area contributed by atoms with Gasteiger partial charge in [-0.15, -0.1) is 0 Å². The quantitative estimate of drug-likeness (QED) is 0.767. The smallest absolute Gasteiger partial charge is 0.161 e. The molecule has 0 unspecified atom stereocenters. The number of ether oxygens (including phenoxy) is 2. The highest BCUT2D eigenvalue weighted by Gasteiger charge is 2.09. The Kier molecular flexibility index (Phi) is 2.95. The number of aromatic amines is 1. The van der Waals surface area contributed by atoms with Crippen molar-refractivity contribution >= 4 is 11.0 Å². The molecule has 0 spiro atoms. The molecule has 0 radical (unpaired) electrons. The Morgan fingerprint density at radius 2 is 1.90 bits per heavy atom. The molecule has 102 valence electrons. The van der Waals surface area contributed by atoms with Gasteiger partial charge in [-0.25, -0.2) is 4.98 Å². The summed E-state index contributed by atoms with van der Waals surface area (Å²) < 4.78 is 10.3. The van der Waals surface area contributed by atoms with Crippen molar-refractivity contribution in [3.8, 4) is 28.6 Å². The topological polar surface area (TPSA) is 67.4 Å². The average molecular weight is 270 g/mol. The lowest BCUT2D eigenvalue weighted by molar-refractivity contribution is 0.373. The molecule has 20 heavy (non-hydrogen) atoms. The molecule has 0 atom stereocenters. The van der Waals surface area contributed by atoms with Crippen molar-refractivity contribution in [2.24, 2.45) is 0 Å². The largest absolute Gasteiger partial charge is 0.504 e. The van der Waals surface area contributed by atoms with Gasteiger partial charge in [-0.05, 0) is 30.3 Å². The van der Waals surface area contributed by atoms with E-state index in [0.717, 1.165) is 22.3 Å². The number of imidazole rings is 1. The molecule has 0 amide bonds. The zero-order valence-electron chi connectivity index (χ0n) is 11.2. The lowest BCUT2D eigenvalue weighted by Gasteiger charge is -2.04. The van der Waals surface area contributed by atoms with Crippen LogP contribution < -0.4 is 9.47 Å². The van der Waals surface area contributed by atoms with E-state index in [2.05, 4.69) is 9.97 Å². The van der Waals surface area contributed by atoms with Crippen molar-refractivity contribution in [3.05, 3.63) is 36.4 Å². The van der Waals surface area contributed by atoms with Crippen molar-refractivity contribution in [3.63, 3.8) is 0 Å². The van der Waals surface area contributed by atoms with Crippen molar-refractivity contribution in [1.29, 1.82) is 0 Å². The van der Waals surface area contributed by atoms with Gasteiger partial charge in [0.05, 0.1) is 25.3 Å². The number of rotatable bonds is 3. The number of nitrogens with one attached hydrogen (secondary N) is 1. The first-order valence-corrected chi connectivity index (χ1v) is 6.12. The molecule has 3 rings (SSSR count). The van der Waals surface area contributed by atoms with Gasteiger partial charge >= 0.3 is 0 Å². The standard InChI is InChI=1S/C15H14N2O3/c1-19-10-4-5-11-12(8-10)17-15(16-11)9-3-6-13(18)14(7-9)20-2/h3-8,18H,1-2H3,(H,16,17). The summed E-state index contributed by atoms with van der Waals surface area (Å²) in [6.07, 6.45) is 0. The second kappa shape index (κ2) is 4.77. The number of fused-ring (bicyclic) bond motifs is 1. The predicted octanol–water partition coefficient (Wildman–Crippen LogP) is 2.95. The second-order valence-corrected chi connectivity index (χ2v) is 4.36. The fourth-order valence-electron chi connectivity index (χ4n) is 2.08. The number of H-pyrrole nitrogens is 1. The normalized spacial score (nSPS) is 10.7. The van der Waals surface area contributed by atoms with E-state index in [1.54, 1.807) is 25.3 Å². The van der Waals surface area contributed by atoms with Crippen molar-refractivity contribution < 1.29 is 14.6 Å². The number of nitrogens with zero attached hydrogens (tertiary/aromatic N) is 1. The molecule has 5 nitrogen and oxygen atoms in total. The molecule has 2 aromatic carbocycles. The van der Waals surface area contributed by atoms with E-state index < -0.39 is 0 Å². The molecule has 3 aromatic rings. The molecule has 0 aliphatic rings. The lowest BCUT2D eigenvalue weighted by Crippen LogP contribution is -1.86. The molecule has 1 aromatic heterocycles. The molecule has 0 saturated heterocycles. The summed E-state index contributed by atoms with van der Waals surface area (Å²) in [6, 6.07) is 10.8. The lowest BCUT2D eigenvalue weighted by atomic mass is 10.2. The Labute approximate surface area is 115 Å². The van der Waals surface area contributed by atoms with Crippen LogP contribution in [-0.4, -0.2) is 29.3 Å². The Hall–Kier alpha value is -2.69. The minimum Gasteiger partial charge on any atom is -0.504 e. The van der Waals surface area contributed by atoms with Crippen LogP contribution in [0.2, 0.25) is 0 Å². The fourth-order valence-corrected chi connectivity index (χ4v) is 2.08. The van der Waals surface area contributed by atoms with E-state index in [0.29, 0.717) is 11.6 Å². The first-order chi connectivity index (χ1) is 9.71. The van der Waals surface area contributed by atoms with E-state index in [-0.39, 0.29) is 5.75 Å². The maximum atomic E-state index is 9.62. The molecule has 0 aliphatic heterocycles. The SMILES string of the molecule is COc1ccc2nc(-c3ccc(O)c(OC)c3)[nH]c2c1. The molecule has 0 fully saturated rings. The summed E-state index contributed by atoms with van der Waals surface area (Å²) in [7, 11) is 3.14. The zero-order valence-corrected chi connectivity index (χ0v) is 11.2. The van der Waals surface area contributed by atoms with Crippen molar-refractivity contribution in [1.82, 2.24) is 9.97 Å². The molecule has 0 bridgehead atoms. The summed E-state index contributed by atoms with van der Waals surface area (Å²) in [5.41, 5.74) is 2.59. The Morgan fingerprint density at radius 3 is 2.65 bits per heavy atom. The summed E-state index contributed by atoms with van der Waals surface area (Å²) in [4.78, 5) is 7.74. The number of benzene rings is 2. The number of aromatic nitrogens is 2. The van der Waals surface area contributed by atoms with Crippen LogP contribution in [0.4, 0.5) is 0 Å². The summed E-state index contributed by atoms with van der Waals surface area (Å²) >= 11 is 0. The van der Waals surface area contributed by atoms with Crippen molar-refractivity contribution in [2.45, 2.75) is 0 Å². The Bertz CT molecular complexity index is 765. The van der Waals surface area contributed by atoms with Crippen LogP contribution in [0, 0.1) is 0 Å². The molecule has 0 saturated carbocycles.